The van der Waals surface area contributed by atoms with Gasteiger partial charge in [-0.2, -0.15) is 0 Å². The van der Waals surface area contributed by atoms with E-state index < -0.39 is 40.9 Å². The molecule has 0 heterocycles. The van der Waals surface area contributed by atoms with Crippen molar-refractivity contribution >= 4 is 5.69 Å². The molecule has 2 aromatic carbocycles. The van der Waals surface area contributed by atoms with Crippen LogP contribution in [-0.2, 0) is 0 Å². The summed E-state index contributed by atoms with van der Waals surface area (Å²) in [5, 5.41) is 12.1. The van der Waals surface area contributed by atoms with E-state index in [4.69, 9.17) is 0 Å². The number of anilines is 1. The molecule has 21 heavy (non-hydrogen) atoms. The molecule has 2 rings (SSSR count). The number of hydrogen-bond acceptors (Lipinski definition) is 2. The SMILES string of the molecule is OC(CNc1cc(F)cc(F)c1F)c1ccc(F)c(F)c1. The lowest BCUT2D eigenvalue weighted by Gasteiger charge is -2.14. The van der Waals surface area contributed by atoms with E-state index in [0.29, 0.717) is 6.07 Å². The van der Waals surface area contributed by atoms with Gasteiger partial charge in [0, 0.05) is 18.7 Å². The van der Waals surface area contributed by atoms with Crippen LogP contribution in [0.1, 0.15) is 11.7 Å². The van der Waals surface area contributed by atoms with Gasteiger partial charge in [-0.15, -0.1) is 0 Å². The van der Waals surface area contributed by atoms with Crippen molar-refractivity contribution < 1.29 is 27.1 Å². The summed E-state index contributed by atoms with van der Waals surface area (Å²) >= 11 is 0. The average Bonchev–Trinajstić information content (AvgIpc) is 2.43. The Bertz CT molecular complexity index is 662. The van der Waals surface area contributed by atoms with E-state index in [1.54, 1.807) is 0 Å². The second-order valence-corrected chi connectivity index (χ2v) is 4.32. The van der Waals surface area contributed by atoms with Gasteiger partial charge in [0.05, 0.1) is 11.8 Å². The summed E-state index contributed by atoms with van der Waals surface area (Å²) < 4.78 is 65.0. The van der Waals surface area contributed by atoms with E-state index in [1.807, 2.05) is 0 Å². The molecule has 2 nitrogen and oxygen atoms in total. The third kappa shape index (κ3) is 3.49. The molecule has 0 amide bonds. The van der Waals surface area contributed by atoms with Crippen molar-refractivity contribution in [2.75, 3.05) is 11.9 Å². The fourth-order valence-corrected chi connectivity index (χ4v) is 1.73. The summed E-state index contributed by atoms with van der Waals surface area (Å²) in [6.45, 7) is -0.342. The average molecular weight is 303 g/mol. The lowest BCUT2D eigenvalue weighted by molar-refractivity contribution is 0.191. The van der Waals surface area contributed by atoms with Gasteiger partial charge in [-0.25, -0.2) is 22.0 Å². The molecule has 1 unspecified atom stereocenters. The Morgan fingerprint density at radius 3 is 2.29 bits per heavy atom. The Labute approximate surface area is 116 Å². The van der Waals surface area contributed by atoms with E-state index in [-0.39, 0.29) is 12.1 Å². The van der Waals surface area contributed by atoms with E-state index in [2.05, 4.69) is 5.32 Å². The van der Waals surface area contributed by atoms with Gasteiger partial charge in [-0.05, 0) is 17.7 Å². The second-order valence-electron chi connectivity index (χ2n) is 4.32. The smallest absolute Gasteiger partial charge is 0.182 e. The van der Waals surface area contributed by atoms with Gasteiger partial charge in [0.1, 0.15) is 5.82 Å². The molecule has 2 N–H and O–H groups in total. The summed E-state index contributed by atoms with van der Waals surface area (Å²) in [4.78, 5) is 0. The van der Waals surface area contributed by atoms with Gasteiger partial charge in [-0.1, -0.05) is 6.07 Å². The molecule has 2 aromatic rings. The Hall–Kier alpha value is -2.15. The lowest BCUT2D eigenvalue weighted by atomic mass is 10.1. The van der Waals surface area contributed by atoms with Crippen LogP contribution in [0.3, 0.4) is 0 Å². The van der Waals surface area contributed by atoms with Crippen molar-refractivity contribution in [2.45, 2.75) is 6.10 Å². The number of halogens is 5. The molecule has 112 valence electrons. The molecule has 0 bridgehead atoms. The van der Waals surface area contributed by atoms with Crippen molar-refractivity contribution in [1.29, 1.82) is 0 Å². The Kier molecular flexibility index (Phi) is 4.42. The summed E-state index contributed by atoms with van der Waals surface area (Å²) in [6, 6.07) is 3.86. The molecule has 0 radical (unpaired) electrons. The van der Waals surface area contributed by atoms with Crippen molar-refractivity contribution in [3.63, 3.8) is 0 Å². The van der Waals surface area contributed by atoms with Crippen molar-refractivity contribution in [1.82, 2.24) is 0 Å². The van der Waals surface area contributed by atoms with Gasteiger partial charge in [0.25, 0.3) is 0 Å². The van der Waals surface area contributed by atoms with Gasteiger partial charge in [-0.3, -0.25) is 0 Å². The minimum absolute atomic E-state index is 0.0404. The molecule has 0 fully saturated rings. The number of aliphatic hydroxyl groups is 1. The van der Waals surface area contributed by atoms with Crippen molar-refractivity contribution in [2.24, 2.45) is 0 Å². The standard InChI is InChI=1S/C14H10F5NO/c15-8-4-11(18)14(19)12(5-8)20-6-13(21)7-1-2-9(16)10(17)3-7/h1-5,13,20-21H,6H2. The molecule has 7 heteroatoms. The number of rotatable bonds is 4. The van der Waals surface area contributed by atoms with Crippen LogP contribution in [0.15, 0.2) is 30.3 Å². The first-order valence-electron chi connectivity index (χ1n) is 5.90. The zero-order valence-corrected chi connectivity index (χ0v) is 10.5. The van der Waals surface area contributed by atoms with E-state index in [9.17, 15) is 27.1 Å². The topological polar surface area (TPSA) is 32.3 Å². The van der Waals surface area contributed by atoms with Crippen LogP contribution in [-0.4, -0.2) is 11.7 Å². The number of benzene rings is 2. The highest BCUT2D eigenvalue weighted by Gasteiger charge is 2.14. The maximum Gasteiger partial charge on any atom is 0.182 e. The molecule has 0 aromatic heterocycles. The molecule has 0 aliphatic heterocycles. The molecule has 1 atom stereocenters. The molecule has 0 aliphatic rings. The maximum atomic E-state index is 13.4. The monoisotopic (exact) mass is 303 g/mol. The highest BCUT2D eigenvalue weighted by atomic mass is 19.2. The molecular formula is C14H10F5NO. The molecule has 0 spiro atoms. The maximum absolute atomic E-state index is 13.4. The summed E-state index contributed by atoms with van der Waals surface area (Å²) in [5.74, 6) is -5.88. The number of aliphatic hydroxyl groups excluding tert-OH is 1. The quantitative estimate of drug-likeness (QED) is 0.669. The predicted octanol–water partition coefficient (Wildman–Crippen LogP) is 3.53. The molecule has 0 aliphatic carbocycles. The molecule has 0 saturated carbocycles. The van der Waals surface area contributed by atoms with Crippen LogP contribution in [0.2, 0.25) is 0 Å². The van der Waals surface area contributed by atoms with Gasteiger partial charge in [0.15, 0.2) is 23.3 Å². The van der Waals surface area contributed by atoms with Crippen LogP contribution in [0.4, 0.5) is 27.6 Å². The van der Waals surface area contributed by atoms with Crippen molar-refractivity contribution in [3.8, 4) is 0 Å². The first-order valence-corrected chi connectivity index (χ1v) is 5.90. The van der Waals surface area contributed by atoms with Gasteiger partial charge in [0.2, 0.25) is 0 Å². The van der Waals surface area contributed by atoms with E-state index in [0.717, 1.165) is 24.3 Å². The third-order valence-corrected chi connectivity index (χ3v) is 2.81. The zero-order valence-electron chi connectivity index (χ0n) is 10.5. The first-order chi connectivity index (χ1) is 9.88. The van der Waals surface area contributed by atoms with Crippen molar-refractivity contribution in [3.05, 3.63) is 65.0 Å². The van der Waals surface area contributed by atoms with Gasteiger partial charge < -0.3 is 10.4 Å². The molecule has 0 saturated heterocycles. The van der Waals surface area contributed by atoms with Crippen LogP contribution in [0, 0.1) is 29.1 Å². The number of nitrogens with one attached hydrogen (secondary N) is 1. The van der Waals surface area contributed by atoms with E-state index in [1.165, 1.54) is 0 Å². The first kappa shape index (κ1) is 15.2. The Morgan fingerprint density at radius 2 is 1.62 bits per heavy atom. The Balaban J connectivity index is 2.10. The largest absolute Gasteiger partial charge is 0.387 e. The van der Waals surface area contributed by atoms with Crippen LogP contribution < -0.4 is 5.32 Å². The second kappa shape index (κ2) is 6.09. The minimum atomic E-state index is -1.38. The number of hydrogen-bond donors (Lipinski definition) is 2. The fourth-order valence-electron chi connectivity index (χ4n) is 1.73. The highest BCUT2D eigenvalue weighted by Crippen LogP contribution is 2.21. The normalized spacial score (nSPS) is 12.3. The van der Waals surface area contributed by atoms with E-state index >= 15 is 0 Å². The van der Waals surface area contributed by atoms with Crippen LogP contribution in [0.5, 0.6) is 0 Å². The third-order valence-electron chi connectivity index (χ3n) is 2.81. The van der Waals surface area contributed by atoms with Crippen LogP contribution >= 0.6 is 0 Å². The van der Waals surface area contributed by atoms with Gasteiger partial charge >= 0.3 is 0 Å². The Morgan fingerprint density at radius 1 is 0.905 bits per heavy atom. The lowest BCUT2D eigenvalue weighted by Crippen LogP contribution is -2.14. The predicted molar refractivity (Wildman–Crippen MR) is 66.1 cm³/mol. The minimum Gasteiger partial charge on any atom is -0.387 e. The summed E-state index contributed by atoms with van der Waals surface area (Å²) in [6.07, 6.45) is -1.31. The molecular weight excluding hydrogens is 293 g/mol. The summed E-state index contributed by atoms with van der Waals surface area (Å²) in [5.41, 5.74) is -0.437. The fraction of sp³-hybridized carbons (Fsp3) is 0.143. The zero-order chi connectivity index (χ0) is 15.6. The van der Waals surface area contributed by atoms with Crippen LogP contribution in [0.25, 0.3) is 0 Å². The highest BCUT2D eigenvalue weighted by molar-refractivity contribution is 5.45. The summed E-state index contributed by atoms with van der Waals surface area (Å²) in [7, 11) is 0.